The van der Waals surface area contributed by atoms with Crippen LogP contribution in [0.3, 0.4) is 0 Å². The van der Waals surface area contributed by atoms with Crippen LogP contribution >= 0.6 is 11.6 Å². The summed E-state index contributed by atoms with van der Waals surface area (Å²) < 4.78 is 0. The summed E-state index contributed by atoms with van der Waals surface area (Å²) in [6, 6.07) is 14.7. The Bertz CT molecular complexity index is 1140. The van der Waals surface area contributed by atoms with E-state index in [0.717, 1.165) is 62.3 Å². The molecule has 2 aromatic carbocycles. The molecular weight excluding hydrogens is 548 g/mol. The van der Waals surface area contributed by atoms with Crippen LogP contribution in [0, 0.1) is 12.8 Å². The molecule has 2 aliphatic rings. The molecule has 0 spiro atoms. The normalized spacial score (nSPS) is 18.8. The van der Waals surface area contributed by atoms with Crippen molar-refractivity contribution in [2.24, 2.45) is 11.7 Å². The SMILES string of the molecule is Cc1ccc([C@H](N)CC(=O)N[C@H](Cc2ccc(Cl)cc2)C(=O)N2CCC(N(CC(C)C)N3CCN(C)CC3)CC2)cc1. The van der Waals surface area contributed by atoms with Crippen LogP contribution in [-0.2, 0) is 16.0 Å². The van der Waals surface area contributed by atoms with Gasteiger partial charge in [-0.1, -0.05) is 67.4 Å². The van der Waals surface area contributed by atoms with Gasteiger partial charge in [0.1, 0.15) is 6.04 Å². The molecule has 2 aliphatic heterocycles. The van der Waals surface area contributed by atoms with Gasteiger partial charge in [0.05, 0.1) is 0 Å². The van der Waals surface area contributed by atoms with Gasteiger partial charge >= 0.3 is 0 Å². The van der Waals surface area contributed by atoms with Gasteiger partial charge in [-0.25, -0.2) is 10.0 Å². The number of likely N-dealkylation sites (N-methyl/N-ethyl adjacent to an activating group) is 1. The summed E-state index contributed by atoms with van der Waals surface area (Å²) in [7, 11) is 2.18. The van der Waals surface area contributed by atoms with Crippen molar-refractivity contribution in [3.05, 3.63) is 70.2 Å². The Morgan fingerprint density at radius 3 is 2.19 bits per heavy atom. The number of nitrogens with one attached hydrogen (secondary N) is 1. The van der Waals surface area contributed by atoms with Crippen LogP contribution in [0.5, 0.6) is 0 Å². The van der Waals surface area contributed by atoms with E-state index in [-0.39, 0.29) is 18.2 Å². The van der Waals surface area contributed by atoms with Crippen LogP contribution in [-0.4, -0.2) is 96.6 Å². The molecule has 2 fully saturated rings. The number of piperidine rings is 1. The van der Waals surface area contributed by atoms with Crippen molar-refractivity contribution in [2.75, 3.05) is 52.9 Å². The zero-order valence-corrected chi connectivity index (χ0v) is 26.5. The first-order valence-electron chi connectivity index (χ1n) is 15.4. The molecule has 9 heteroatoms. The maximum Gasteiger partial charge on any atom is 0.245 e. The van der Waals surface area contributed by atoms with Crippen molar-refractivity contribution in [1.82, 2.24) is 25.1 Å². The average Bonchev–Trinajstić information content (AvgIpc) is 2.97. The number of benzene rings is 2. The average molecular weight is 597 g/mol. The largest absolute Gasteiger partial charge is 0.344 e. The van der Waals surface area contributed by atoms with Crippen LogP contribution in [0.15, 0.2) is 48.5 Å². The molecule has 2 aromatic rings. The summed E-state index contributed by atoms with van der Waals surface area (Å²) >= 11 is 6.11. The molecule has 2 atom stereocenters. The molecular formula is C33H49ClN6O2. The molecule has 42 heavy (non-hydrogen) atoms. The van der Waals surface area contributed by atoms with Crippen molar-refractivity contribution >= 4 is 23.4 Å². The van der Waals surface area contributed by atoms with Gasteiger partial charge in [0.2, 0.25) is 11.8 Å². The quantitative estimate of drug-likeness (QED) is 0.410. The van der Waals surface area contributed by atoms with Crippen molar-refractivity contribution < 1.29 is 9.59 Å². The first kappa shape index (κ1) is 32.4. The zero-order chi connectivity index (χ0) is 30.2. The molecule has 4 rings (SSSR count). The van der Waals surface area contributed by atoms with Gasteiger partial charge in [-0.05, 0) is 56.0 Å². The Labute approximate surface area is 257 Å². The minimum absolute atomic E-state index is 0.0318. The number of amides is 2. The molecule has 2 heterocycles. The molecule has 0 aliphatic carbocycles. The number of likely N-dealkylation sites (tertiary alicyclic amines) is 1. The number of rotatable bonds is 11. The van der Waals surface area contributed by atoms with Gasteiger partial charge < -0.3 is 20.9 Å². The third kappa shape index (κ3) is 9.25. The minimum Gasteiger partial charge on any atom is -0.344 e. The topological polar surface area (TPSA) is 85.1 Å². The van der Waals surface area contributed by atoms with Gasteiger partial charge in [-0.15, -0.1) is 0 Å². The number of hydrazine groups is 1. The van der Waals surface area contributed by atoms with E-state index in [2.05, 4.69) is 41.1 Å². The second-order valence-corrected chi connectivity index (χ2v) is 12.9. The van der Waals surface area contributed by atoms with Crippen LogP contribution in [0.2, 0.25) is 5.02 Å². The number of aryl methyl sites for hydroxylation is 1. The monoisotopic (exact) mass is 596 g/mol. The highest BCUT2D eigenvalue weighted by molar-refractivity contribution is 6.30. The molecule has 2 saturated heterocycles. The lowest BCUT2D eigenvalue weighted by Gasteiger charge is -2.47. The van der Waals surface area contributed by atoms with Crippen LogP contribution in [0.25, 0.3) is 0 Å². The van der Waals surface area contributed by atoms with Crippen molar-refractivity contribution in [3.8, 4) is 0 Å². The van der Waals surface area contributed by atoms with Crippen molar-refractivity contribution in [1.29, 1.82) is 0 Å². The van der Waals surface area contributed by atoms with Crippen LogP contribution in [0.4, 0.5) is 0 Å². The highest BCUT2D eigenvalue weighted by Gasteiger charge is 2.34. The lowest BCUT2D eigenvalue weighted by Crippen LogP contribution is -2.60. The Kier molecular flexibility index (Phi) is 11.8. The Morgan fingerprint density at radius 2 is 1.60 bits per heavy atom. The summed E-state index contributed by atoms with van der Waals surface area (Å²) in [4.78, 5) is 31.4. The first-order valence-corrected chi connectivity index (χ1v) is 15.8. The molecule has 0 bridgehead atoms. The van der Waals surface area contributed by atoms with E-state index >= 15 is 0 Å². The van der Waals surface area contributed by atoms with Crippen molar-refractivity contribution in [2.45, 2.75) is 64.6 Å². The third-order valence-corrected chi connectivity index (χ3v) is 8.74. The molecule has 0 aromatic heterocycles. The number of carbonyl (C=O) groups excluding carboxylic acids is 2. The fourth-order valence-corrected chi connectivity index (χ4v) is 6.09. The molecule has 0 radical (unpaired) electrons. The third-order valence-electron chi connectivity index (χ3n) is 8.49. The van der Waals surface area contributed by atoms with E-state index in [1.807, 2.05) is 60.4 Å². The van der Waals surface area contributed by atoms with E-state index < -0.39 is 12.1 Å². The second kappa shape index (κ2) is 15.3. The molecule has 3 N–H and O–H groups in total. The number of carbonyl (C=O) groups is 2. The summed E-state index contributed by atoms with van der Waals surface area (Å²) in [6.07, 6.45) is 2.36. The number of hydrogen-bond acceptors (Lipinski definition) is 6. The summed E-state index contributed by atoms with van der Waals surface area (Å²) in [6.45, 7) is 13.2. The highest BCUT2D eigenvalue weighted by atomic mass is 35.5. The molecule has 8 nitrogen and oxygen atoms in total. The standard InChI is InChI=1S/C33H49ClN6O2/c1-24(2)23-40(39-19-17-37(4)18-20-39)29-13-15-38(16-14-29)33(42)31(21-26-7-11-28(34)12-8-26)36-32(41)22-30(35)27-9-5-25(3)6-10-27/h5-12,24,29-31H,13-23,35H2,1-4H3,(H,36,41)/t30-,31-/m1/s1. The van der Waals surface area contributed by atoms with E-state index in [0.29, 0.717) is 36.5 Å². The Hall–Kier alpha value is -2.49. The lowest BCUT2D eigenvalue weighted by atomic mass is 9.99. The van der Waals surface area contributed by atoms with Crippen molar-refractivity contribution in [3.63, 3.8) is 0 Å². The Morgan fingerprint density at radius 1 is 0.976 bits per heavy atom. The van der Waals surface area contributed by atoms with E-state index in [1.165, 1.54) is 0 Å². The fourth-order valence-electron chi connectivity index (χ4n) is 5.97. The van der Waals surface area contributed by atoms with E-state index in [1.54, 1.807) is 0 Å². The van der Waals surface area contributed by atoms with E-state index in [4.69, 9.17) is 17.3 Å². The molecule has 0 unspecified atom stereocenters. The van der Waals surface area contributed by atoms with Gasteiger partial charge in [-0.2, -0.15) is 0 Å². The van der Waals surface area contributed by atoms with E-state index in [9.17, 15) is 9.59 Å². The maximum absolute atomic E-state index is 13.9. The lowest BCUT2D eigenvalue weighted by molar-refractivity contribution is -0.140. The van der Waals surface area contributed by atoms with Crippen LogP contribution in [0.1, 0.15) is 55.8 Å². The number of hydrogen-bond donors (Lipinski definition) is 2. The molecule has 230 valence electrons. The van der Waals surface area contributed by atoms with Gasteiger partial charge in [0.15, 0.2) is 0 Å². The first-order chi connectivity index (χ1) is 20.1. The summed E-state index contributed by atoms with van der Waals surface area (Å²) in [5.74, 6) is 0.314. The van der Waals surface area contributed by atoms with Gasteiger partial charge in [-0.3, -0.25) is 9.59 Å². The summed E-state index contributed by atoms with van der Waals surface area (Å²) in [5.41, 5.74) is 9.38. The van der Waals surface area contributed by atoms with Gasteiger partial charge in [0, 0.05) is 75.8 Å². The predicted octanol–water partition coefficient (Wildman–Crippen LogP) is 3.88. The van der Waals surface area contributed by atoms with Crippen LogP contribution < -0.4 is 11.1 Å². The number of nitrogens with zero attached hydrogens (tertiary/aromatic N) is 4. The maximum atomic E-state index is 13.9. The van der Waals surface area contributed by atoms with Gasteiger partial charge in [0.25, 0.3) is 0 Å². The Balaban J connectivity index is 1.41. The minimum atomic E-state index is -0.662. The predicted molar refractivity (Wildman–Crippen MR) is 170 cm³/mol. The zero-order valence-electron chi connectivity index (χ0n) is 25.8. The fraction of sp³-hybridized carbons (Fsp3) is 0.576. The number of nitrogens with two attached hydrogens (primary N) is 1. The number of piperazine rings is 1. The molecule has 0 saturated carbocycles. The molecule has 2 amide bonds. The summed E-state index contributed by atoms with van der Waals surface area (Å²) in [5, 5.41) is 8.79. The highest BCUT2D eigenvalue weighted by Crippen LogP contribution is 2.23. The smallest absolute Gasteiger partial charge is 0.245 e. The number of halogens is 1. The second-order valence-electron chi connectivity index (χ2n) is 12.5.